The van der Waals surface area contributed by atoms with E-state index in [0.717, 1.165) is 29.8 Å². The maximum absolute atomic E-state index is 4.52. The van der Waals surface area contributed by atoms with Crippen LogP contribution in [0, 0.1) is 6.92 Å². The molecule has 0 aliphatic carbocycles. The molecule has 1 saturated heterocycles. The second-order valence-electron chi connectivity index (χ2n) is 5.83. The van der Waals surface area contributed by atoms with Crippen LogP contribution in [0.1, 0.15) is 24.1 Å². The fraction of sp³-hybridized carbons (Fsp3) is 0.600. The van der Waals surface area contributed by atoms with E-state index in [9.17, 15) is 0 Å². The molecule has 0 amide bonds. The minimum absolute atomic E-state index is 0.687. The summed E-state index contributed by atoms with van der Waals surface area (Å²) in [5.74, 6) is 0. The smallest absolute Gasteiger partial charge is 0.157 e. The van der Waals surface area contributed by atoms with Crippen LogP contribution >= 0.6 is 0 Å². The van der Waals surface area contributed by atoms with Gasteiger partial charge in [-0.05, 0) is 45.0 Å². The van der Waals surface area contributed by atoms with Crippen LogP contribution in [0.2, 0.25) is 0 Å². The van der Waals surface area contributed by atoms with E-state index in [-0.39, 0.29) is 0 Å². The van der Waals surface area contributed by atoms with Crippen molar-refractivity contribution >= 4 is 11.0 Å². The number of pyridine rings is 1. The van der Waals surface area contributed by atoms with Crippen LogP contribution in [0.3, 0.4) is 0 Å². The van der Waals surface area contributed by atoms with Crippen LogP contribution < -0.4 is 5.32 Å². The van der Waals surface area contributed by atoms with E-state index >= 15 is 0 Å². The lowest BCUT2D eigenvalue weighted by molar-refractivity contribution is 0.300. The molecule has 5 nitrogen and oxygen atoms in total. The van der Waals surface area contributed by atoms with Gasteiger partial charge in [0, 0.05) is 37.8 Å². The first-order valence-electron chi connectivity index (χ1n) is 7.34. The first kappa shape index (κ1) is 13.5. The first-order chi connectivity index (χ1) is 9.65. The number of nitrogens with one attached hydrogen (secondary N) is 1. The summed E-state index contributed by atoms with van der Waals surface area (Å²) >= 11 is 0. The van der Waals surface area contributed by atoms with Gasteiger partial charge in [0.2, 0.25) is 0 Å². The SMILES string of the molecule is Cc1nn(C)c2ncc(CNC[C@@H]3CCCN3C)cc12. The Bertz CT molecular complexity index is 604. The molecular formula is C15H23N5. The highest BCUT2D eigenvalue weighted by molar-refractivity contribution is 5.78. The minimum atomic E-state index is 0.687. The fourth-order valence-electron chi connectivity index (χ4n) is 3.07. The van der Waals surface area contributed by atoms with Gasteiger partial charge in [0.25, 0.3) is 0 Å². The fourth-order valence-corrected chi connectivity index (χ4v) is 3.07. The van der Waals surface area contributed by atoms with Crippen molar-refractivity contribution in [3.63, 3.8) is 0 Å². The molecule has 1 N–H and O–H groups in total. The van der Waals surface area contributed by atoms with E-state index in [1.54, 1.807) is 0 Å². The van der Waals surface area contributed by atoms with E-state index in [1.807, 2.05) is 24.9 Å². The third kappa shape index (κ3) is 2.55. The van der Waals surface area contributed by atoms with Crippen LogP contribution in [-0.4, -0.2) is 45.8 Å². The quantitative estimate of drug-likeness (QED) is 0.916. The van der Waals surface area contributed by atoms with Gasteiger partial charge in [0.05, 0.1) is 5.69 Å². The maximum Gasteiger partial charge on any atom is 0.157 e. The molecule has 0 radical (unpaired) electrons. The lowest BCUT2D eigenvalue weighted by Crippen LogP contribution is -2.35. The Labute approximate surface area is 120 Å². The summed E-state index contributed by atoms with van der Waals surface area (Å²) < 4.78 is 1.84. The van der Waals surface area contributed by atoms with Crippen LogP contribution in [-0.2, 0) is 13.6 Å². The molecule has 108 valence electrons. The molecule has 2 aromatic heterocycles. The van der Waals surface area contributed by atoms with Crippen molar-refractivity contribution in [3.05, 3.63) is 23.5 Å². The number of aryl methyl sites for hydroxylation is 2. The van der Waals surface area contributed by atoms with E-state index in [0.29, 0.717) is 6.04 Å². The molecule has 1 atom stereocenters. The van der Waals surface area contributed by atoms with Gasteiger partial charge in [0.1, 0.15) is 0 Å². The largest absolute Gasteiger partial charge is 0.311 e. The van der Waals surface area contributed by atoms with Gasteiger partial charge in [-0.15, -0.1) is 0 Å². The van der Waals surface area contributed by atoms with Gasteiger partial charge < -0.3 is 10.2 Å². The second-order valence-corrected chi connectivity index (χ2v) is 5.83. The number of hydrogen-bond acceptors (Lipinski definition) is 4. The molecule has 3 rings (SSSR count). The molecule has 0 bridgehead atoms. The van der Waals surface area contributed by atoms with Gasteiger partial charge >= 0.3 is 0 Å². The van der Waals surface area contributed by atoms with E-state index in [4.69, 9.17) is 0 Å². The van der Waals surface area contributed by atoms with Gasteiger partial charge in [-0.25, -0.2) is 4.98 Å². The summed E-state index contributed by atoms with van der Waals surface area (Å²) in [7, 11) is 4.15. The van der Waals surface area contributed by atoms with E-state index in [1.165, 1.54) is 24.9 Å². The summed E-state index contributed by atoms with van der Waals surface area (Å²) in [6.45, 7) is 5.20. The lowest BCUT2D eigenvalue weighted by Gasteiger charge is -2.19. The molecular weight excluding hydrogens is 250 g/mol. The number of rotatable bonds is 4. The Hall–Kier alpha value is -1.46. The molecule has 2 aromatic rings. The average molecular weight is 273 g/mol. The predicted octanol–water partition coefficient (Wildman–Crippen LogP) is 1.46. The van der Waals surface area contributed by atoms with Crippen LogP contribution in [0.4, 0.5) is 0 Å². The van der Waals surface area contributed by atoms with Gasteiger partial charge in [-0.1, -0.05) is 0 Å². The second kappa shape index (κ2) is 5.50. The maximum atomic E-state index is 4.52. The standard InChI is InChI=1S/C15H23N5/c1-11-14-7-12(9-17-15(14)20(3)18-11)8-16-10-13-5-4-6-19(13)2/h7,9,13,16H,4-6,8,10H2,1-3H3/t13-/m0/s1. The first-order valence-corrected chi connectivity index (χ1v) is 7.34. The predicted molar refractivity (Wildman–Crippen MR) is 80.6 cm³/mol. The highest BCUT2D eigenvalue weighted by Crippen LogP contribution is 2.17. The number of nitrogens with zero attached hydrogens (tertiary/aromatic N) is 4. The van der Waals surface area contributed by atoms with Crippen molar-refractivity contribution < 1.29 is 0 Å². The lowest BCUT2D eigenvalue weighted by atomic mass is 10.2. The molecule has 0 spiro atoms. The molecule has 5 heteroatoms. The third-order valence-electron chi connectivity index (χ3n) is 4.30. The number of aromatic nitrogens is 3. The highest BCUT2D eigenvalue weighted by atomic mass is 15.3. The molecule has 0 unspecified atom stereocenters. The zero-order valence-electron chi connectivity index (χ0n) is 12.6. The molecule has 1 fully saturated rings. The number of hydrogen-bond donors (Lipinski definition) is 1. The normalized spacial score (nSPS) is 20.1. The molecule has 1 aliphatic rings. The van der Waals surface area contributed by atoms with Crippen molar-refractivity contribution in [3.8, 4) is 0 Å². The highest BCUT2D eigenvalue weighted by Gasteiger charge is 2.19. The summed E-state index contributed by atoms with van der Waals surface area (Å²) in [5, 5.41) is 9.12. The Kier molecular flexibility index (Phi) is 3.72. The number of likely N-dealkylation sites (N-methyl/N-ethyl adjacent to an activating group) is 1. The van der Waals surface area contributed by atoms with E-state index in [2.05, 4.69) is 33.4 Å². The summed E-state index contributed by atoms with van der Waals surface area (Å²) in [6, 6.07) is 2.89. The van der Waals surface area contributed by atoms with E-state index < -0.39 is 0 Å². The molecule has 3 heterocycles. The van der Waals surface area contributed by atoms with Gasteiger partial charge in [-0.2, -0.15) is 5.10 Å². The topological polar surface area (TPSA) is 46.0 Å². The molecule has 0 saturated carbocycles. The Morgan fingerprint density at radius 3 is 3.00 bits per heavy atom. The Morgan fingerprint density at radius 2 is 2.25 bits per heavy atom. The van der Waals surface area contributed by atoms with Crippen molar-refractivity contribution in [2.45, 2.75) is 32.4 Å². The van der Waals surface area contributed by atoms with Crippen LogP contribution in [0.15, 0.2) is 12.3 Å². The number of fused-ring (bicyclic) bond motifs is 1. The van der Waals surface area contributed by atoms with Crippen molar-refractivity contribution in [2.75, 3.05) is 20.1 Å². The van der Waals surface area contributed by atoms with Crippen LogP contribution in [0.5, 0.6) is 0 Å². The van der Waals surface area contributed by atoms with Crippen molar-refractivity contribution in [2.24, 2.45) is 7.05 Å². The third-order valence-corrected chi connectivity index (χ3v) is 4.30. The summed E-state index contributed by atoms with van der Waals surface area (Å²) in [5.41, 5.74) is 3.24. The van der Waals surface area contributed by atoms with Crippen molar-refractivity contribution in [1.29, 1.82) is 0 Å². The minimum Gasteiger partial charge on any atom is -0.311 e. The van der Waals surface area contributed by atoms with Crippen LogP contribution in [0.25, 0.3) is 11.0 Å². The monoisotopic (exact) mass is 273 g/mol. The summed E-state index contributed by atoms with van der Waals surface area (Å²) in [4.78, 5) is 6.96. The van der Waals surface area contributed by atoms with Gasteiger partial charge in [-0.3, -0.25) is 4.68 Å². The molecule has 0 aromatic carbocycles. The zero-order chi connectivity index (χ0) is 14.1. The Balaban J connectivity index is 1.64. The molecule has 20 heavy (non-hydrogen) atoms. The van der Waals surface area contributed by atoms with Crippen molar-refractivity contribution in [1.82, 2.24) is 25.0 Å². The van der Waals surface area contributed by atoms with Gasteiger partial charge in [0.15, 0.2) is 5.65 Å². The number of likely N-dealkylation sites (tertiary alicyclic amines) is 1. The summed E-state index contributed by atoms with van der Waals surface area (Å²) in [6.07, 6.45) is 4.59. The zero-order valence-corrected chi connectivity index (χ0v) is 12.6. The Morgan fingerprint density at radius 1 is 1.40 bits per heavy atom. The molecule has 1 aliphatic heterocycles. The average Bonchev–Trinajstić information content (AvgIpc) is 2.95.